The lowest BCUT2D eigenvalue weighted by atomic mass is 9.34. The Morgan fingerprint density at radius 3 is 2.75 bits per heavy atom. The van der Waals surface area contributed by atoms with Crippen LogP contribution in [0, 0.1) is 17.8 Å². The minimum atomic E-state index is 0.698. The number of benzene rings is 1. The Balaban J connectivity index is 1.84. The molecule has 0 nitrogen and oxygen atoms in total. The third-order valence-electron chi connectivity index (χ3n) is 7.58. The van der Waals surface area contributed by atoms with Gasteiger partial charge in [-0.25, -0.2) is 0 Å². The molecule has 0 heteroatoms. The van der Waals surface area contributed by atoms with Gasteiger partial charge in [-0.2, -0.15) is 0 Å². The summed E-state index contributed by atoms with van der Waals surface area (Å²) in [6.07, 6.45) is 4.70. The van der Waals surface area contributed by atoms with Gasteiger partial charge in [-0.1, -0.05) is 12.1 Å². The Bertz CT molecular complexity index is 609. The maximum absolute atomic E-state index is 2.67. The van der Waals surface area contributed by atoms with E-state index in [0.29, 0.717) is 5.41 Å². The van der Waals surface area contributed by atoms with E-state index in [4.69, 9.17) is 0 Å². The molecule has 1 aromatic carbocycles. The highest BCUT2D eigenvalue weighted by molar-refractivity contribution is 5.64. The molecule has 3 saturated carbocycles. The van der Waals surface area contributed by atoms with Gasteiger partial charge in [0.15, 0.2) is 0 Å². The minimum Gasteiger partial charge on any atom is -0.0546 e. The smallest absolute Gasteiger partial charge is 0.00322 e. The van der Waals surface area contributed by atoms with E-state index >= 15 is 0 Å². The monoisotopic (exact) mass is 206 g/mol. The van der Waals surface area contributed by atoms with Crippen molar-refractivity contribution in [1.82, 2.24) is 0 Å². The molecule has 0 N–H and O–H groups in total. The van der Waals surface area contributed by atoms with Gasteiger partial charge in [0.1, 0.15) is 0 Å². The van der Waals surface area contributed by atoms with Crippen molar-refractivity contribution in [1.29, 1.82) is 0 Å². The molecule has 5 aliphatic rings. The van der Waals surface area contributed by atoms with Crippen LogP contribution < -0.4 is 0 Å². The molecule has 5 aliphatic carbocycles. The summed E-state index contributed by atoms with van der Waals surface area (Å²) in [5.41, 5.74) is 7.95. The lowest BCUT2D eigenvalue weighted by Crippen LogP contribution is -2.60. The first-order chi connectivity index (χ1) is 7.87. The average Bonchev–Trinajstić information content (AvgIpc) is 2.66. The van der Waals surface area contributed by atoms with E-state index in [2.05, 4.69) is 12.1 Å². The van der Waals surface area contributed by atoms with Gasteiger partial charge >= 0.3 is 0 Å². The zero-order valence-electron chi connectivity index (χ0n) is 9.24. The second kappa shape index (κ2) is 1.54. The van der Waals surface area contributed by atoms with Crippen molar-refractivity contribution < 1.29 is 0 Å². The zero-order valence-corrected chi connectivity index (χ0v) is 9.24. The summed E-state index contributed by atoms with van der Waals surface area (Å²) in [6.45, 7) is 0. The maximum atomic E-state index is 2.67. The van der Waals surface area contributed by atoms with Crippen molar-refractivity contribution in [3.05, 3.63) is 34.4 Å². The Hall–Kier alpha value is -0.780. The fourth-order valence-corrected chi connectivity index (χ4v) is 7.38. The predicted octanol–water partition coefficient (Wildman–Crippen LogP) is 3.28. The van der Waals surface area contributed by atoms with Gasteiger partial charge in [0, 0.05) is 0 Å². The first-order valence-electron chi connectivity index (χ1n) is 7.06. The van der Waals surface area contributed by atoms with Crippen LogP contribution in [0.25, 0.3) is 0 Å². The van der Waals surface area contributed by atoms with Crippen molar-refractivity contribution in [3.63, 3.8) is 0 Å². The average molecular weight is 206 g/mol. The van der Waals surface area contributed by atoms with E-state index < -0.39 is 0 Å². The highest BCUT2D eigenvalue weighted by atomic mass is 14.8. The lowest BCUT2D eigenvalue weighted by Gasteiger charge is -2.69. The van der Waals surface area contributed by atoms with Crippen LogP contribution in [0.3, 0.4) is 0 Å². The summed E-state index contributed by atoms with van der Waals surface area (Å²) in [7, 11) is 0. The minimum absolute atomic E-state index is 0.698. The predicted molar refractivity (Wildman–Crippen MR) is 60.7 cm³/mol. The fraction of sp³-hybridized carbons (Fsp3) is 0.625. The van der Waals surface area contributed by atoms with E-state index in [-0.39, 0.29) is 0 Å². The molecule has 78 valence electrons. The van der Waals surface area contributed by atoms with Crippen LogP contribution in [0.5, 0.6) is 0 Å². The Labute approximate surface area is 95.0 Å². The van der Waals surface area contributed by atoms with Crippen LogP contribution in [0.4, 0.5) is 0 Å². The van der Waals surface area contributed by atoms with Gasteiger partial charge in [0.05, 0.1) is 0 Å². The number of hydrogen-bond acceptors (Lipinski definition) is 0. The lowest BCUT2D eigenvalue weighted by molar-refractivity contribution is -0.0478. The Kier molecular flexibility index (Phi) is 0.656. The van der Waals surface area contributed by atoms with Gasteiger partial charge in [0.2, 0.25) is 0 Å². The number of fused-ring (bicyclic) bond motifs is 13. The standard InChI is InChI=1S/C16H14/c1-6-9-3-16-4-10(9)14-11(5-16)13-7(1)8(15(13)14)2-12(6)16/h1-2,9-11,13-15H,3-5H2. The van der Waals surface area contributed by atoms with Gasteiger partial charge in [-0.05, 0) is 82.4 Å². The molecule has 3 bridgehead atoms. The molecule has 7 atom stereocenters. The second-order valence-corrected chi connectivity index (χ2v) is 7.52. The van der Waals surface area contributed by atoms with Crippen LogP contribution in [-0.4, -0.2) is 0 Å². The van der Waals surface area contributed by atoms with E-state index in [1.54, 1.807) is 30.4 Å². The third kappa shape index (κ3) is 0.378. The van der Waals surface area contributed by atoms with Gasteiger partial charge in [-0.3, -0.25) is 0 Å². The van der Waals surface area contributed by atoms with Crippen LogP contribution in [0.2, 0.25) is 0 Å². The van der Waals surface area contributed by atoms with E-state index in [0.717, 1.165) is 35.5 Å². The molecule has 7 unspecified atom stereocenters. The molecule has 0 amide bonds. The Morgan fingerprint density at radius 1 is 0.875 bits per heavy atom. The molecule has 1 aromatic rings. The van der Waals surface area contributed by atoms with Crippen LogP contribution in [-0.2, 0) is 5.41 Å². The quantitative estimate of drug-likeness (QED) is 0.611. The van der Waals surface area contributed by atoms with Crippen LogP contribution >= 0.6 is 0 Å². The first kappa shape index (κ1) is 6.83. The van der Waals surface area contributed by atoms with Crippen molar-refractivity contribution in [2.75, 3.05) is 0 Å². The first-order valence-corrected chi connectivity index (χ1v) is 7.06. The number of hydrogen-bond donors (Lipinski definition) is 0. The summed E-state index contributed by atoms with van der Waals surface area (Å²) >= 11 is 0. The van der Waals surface area contributed by atoms with Gasteiger partial charge in [-0.15, -0.1) is 0 Å². The maximum Gasteiger partial charge on any atom is -0.00322 e. The molecule has 0 aliphatic heterocycles. The highest BCUT2D eigenvalue weighted by Gasteiger charge is 2.73. The van der Waals surface area contributed by atoms with E-state index in [1.165, 1.54) is 0 Å². The highest BCUT2D eigenvalue weighted by Crippen LogP contribution is 2.83. The van der Waals surface area contributed by atoms with Crippen molar-refractivity contribution >= 4 is 0 Å². The molecule has 0 heterocycles. The molecule has 0 aromatic heterocycles. The number of rotatable bonds is 0. The summed E-state index contributed by atoms with van der Waals surface area (Å²) in [5.74, 6) is 6.44. The summed E-state index contributed by atoms with van der Waals surface area (Å²) in [4.78, 5) is 0. The third-order valence-corrected chi connectivity index (χ3v) is 7.58. The topological polar surface area (TPSA) is 0 Å². The second-order valence-electron chi connectivity index (χ2n) is 7.52. The Morgan fingerprint density at radius 2 is 1.75 bits per heavy atom. The molecule has 6 rings (SSSR count). The molecular formula is C16H14. The fourth-order valence-electron chi connectivity index (χ4n) is 7.38. The molecular weight excluding hydrogens is 192 g/mol. The summed E-state index contributed by atoms with van der Waals surface area (Å²) < 4.78 is 0. The van der Waals surface area contributed by atoms with Crippen molar-refractivity contribution in [3.8, 4) is 0 Å². The van der Waals surface area contributed by atoms with Gasteiger partial charge < -0.3 is 0 Å². The summed E-state index contributed by atoms with van der Waals surface area (Å²) in [6, 6.07) is 5.33. The molecule has 16 heavy (non-hydrogen) atoms. The van der Waals surface area contributed by atoms with Gasteiger partial charge in [0.25, 0.3) is 0 Å². The van der Waals surface area contributed by atoms with Crippen molar-refractivity contribution in [2.24, 2.45) is 17.8 Å². The zero-order chi connectivity index (χ0) is 9.81. The van der Waals surface area contributed by atoms with Crippen molar-refractivity contribution in [2.45, 2.75) is 42.4 Å². The molecule has 3 fully saturated rings. The van der Waals surface area contributed by atoms with Crippen LogP contribution in [0.1, 0.15) is 59.3 Å². The largest absolute Gasteiger partial charge is 0.0546 e. The summed E-state index contributed by atoms with van der Waals surface area (Å²) in [5, 5.41) is 0. The van der Waals surface area contributed by atoms with E-state index in [1.807, 2.05) is 11.1 Å². The molecule has 0 radical (unpaired) electrons. The molecule has 1 spiro atoms. The molecule has 0 saturated heterocycles. The SMILES string of the molecule is c1c2c3cc4c1C1C5CC36CC2C(C6)C5C41. The van der Waals surface area contributed by atoms with E-state index in [9.17, 15) is 0 Å². The van der Waals surface area contributed by atoms with Crippen LogP contribution in [0.15, 0.2) is 12.1 Å². The normalized spacial score (nSPS) is 62.5.